The minimum absolute atomic E-state index is 0.106. The molecule has 1 aliphatic heterocycles. The molecule has 4 amide bonds. The summed E-state index contributed by atoms with van der Waals surface area (Å²) in [5.41, 5.74) is 6.51. The van der Waals surface area contributed by atoms with Crippen LogP contribution in [0.15, 0.2) is 54.6 Å². The zero-order valence-corrected chi connectivity index (χ0v) is 22.2. The molecule has 3 aromatic rings. The third-order valence-electron chi connectivity index (χ3n) is 6.03. The van der Waals surface area contributed by atoms with Crippen molar-refractivity contribution in [3.63, 3.8) is 0 Å². The first-order valence-corrected chi connectivity index (χ1v) is 12.6. The predicted octanol–water partition coefficient (Wildman–Crippen LogP) is 3.83. The van der Waals surface area contributed by atoms with Crippen LogP contribution in [0, 0.1) is 0 Å². The van der Waals surface area contributed by atoms with Crippen LogP contribution in [0.2, 0.25) is 5.02 Å². The van der Waals surface area contributed by atoms with E-state index in [1.165, 1.54) is 4.57 Å². The number of primary amides is 1. The number of hydrogen-bond acceptors (Lipinski definition) is 5. The van der Waals surface area contributed by atoms with Gasteiger partial charge in [0, 0.05) is 29.2 Å². The van der Waals surface area contributed by atoms with E-state index in [0.29, 0.717) is 16.2 Å². The molecule has 4 rings (SSSR count). The summed E-state index contributed by atoms with van der Waals surface area (Å²) in [7, 11) is 0. The Labute approximate surface area is 225 Å². The summed E-state index contributed by atoms with van der Waals surface area (Å²) in [6, 6.07) is 14.2. The molecule has 1 atom stereocenters. The van der Waals surface area contributed by atoms with Crippen LogP contribution in [0.3, 0.4) is 0 Å². The number of nitrogens with zero attached hydrogens (tertiary/aromatic N) is 3. The Kier molecular flexibility index (Phi) is 7.63. The molecule has 1 aliphatic rings. The molecule has 200 valence electrons. The van der Waals surface area contributed by atoms with Crippen LogP contribution < -0.4 is 11.1 Å². The fourth-order valence-electron chi connectivity index (χ4n) is 4.48. The summed E-state index contributed by atoms with van der Waals surface area (Å²) < 4.78 is 6.76. The lowest BCUT2D eigenvalue weighted by molar-refractivity contribution is -0.151. The molecule has 1 fully saturated rings. The first kappa shape index (κ1) is 27.0. The zero-order valence-electron chi connectivity index (χ0n) is 21.4. The molecule has 0 aliphatic carbocycles. The number of halogens is 1. The normalized spacial score (nSPS) is 15.5. The van der Waals surface area contributed by atoms with E-state index < -0.39 is 35.6 Å². The average molecular weight is 540 g/mol. The van der Waals surface area contributed by atoms with Gasteiger partial charge in [0.25, 0.3) is 0 Å². The number of aromatic nitrogens is 1. The Hall–Kier alpha value is -4.05. The summed E-state index contributed by atoms with van der Waals surface area (Å²) in [4.78, 5) is 52.2. The summed E-state index contributed by atoms with van der Waals surface area (Å²) in [6.07, 6.45) is -0.799. The van der Waals surface area contributed by atoms with Crippen molar-refractivity contribution < 1.29 is 23.9 Å². The van der Waals surface area contributed by atoms with E-state index in [1.54, 1.807) is 63.2 Å². The molecule has 3 N–H and O–H groups in total. The maximum atomic E-state index is 13.7. The van der Waals surface area contributed by atoms with E-state index in [-0.39, 0.29) is 25.9 Å². The average Bonchev–Trinajstić information content (AvgIpc) is 3.43. The van der Waals surface area contributed by atoms with Crippen LogP contribution in [-0.2, 0) is 27.3 Å². The van der Waals surface area contributed by atoms with Crippen LogP contribution >= 0.6 is 11.6 Å². The lowest BCUT2D eigenvalue weighted by atomic mass is 10.1. The largest absolute Gasteiger partial charge is 0.442 e. The van der Waals surface area contributed by atoms with Gasteiger partial charge in [-0.25, -0.2) is 19.6 Å². The van der Waals surface area contributed by atoms with Gasteiger partial charge < -0.3 is 15.8 Å². The highest BCUT2D eigenvalue weighted by molar-refractivity contribution is 6.30. The van der Waals surface area contributed by atoms with Crippen molar-refractivity contribution in [2.45, 2.75) is 51.8 Å². The number of nitrogens with one attached hydrogen (secondary N) is 1. The van der Waals surface area contributed by atoms with Gasteiger partial charge in [-0.15, -0.1) is 0 Å². The van der Waals surface area contributed by atoms with Crippen molar-refractivity contribution in [3.05, 3.63) is 70.9 Å². The number of rotatable bonds is 5. The smallest absolute Gasteiger partial charge is 0.429 e. The molecule has 0 bridgehead atoms. The molecule has 0 spiro atoms. The van der Waals surface area contributed by atoms with E-state index in [0.717, 1.165) is 21.0 Å². The van der Waals surface area contributed by atoms with Crippen LogP contribution in [0.5, 0.6) is 0 Å². The number of benzene rings is 2. The van der Waals surface area contributed by atoms with Gasteiger partial charge in [0.15, 0.2) is 0 Å². The van der Waals surface area contributed by atoms with E-state index in [1.807, 2.05) is 12.1 Å². The lowest BCUT2D eigenvalue weighted by Crippen LogP contribution is -2.54. The van der Waals surface area contributed by atoms with Gasteiger partial charge in [-0.05, 0) is 57.0 Å². The first-order chi connectivity index (χ1) is 17.9. The molecule has 1 aromatic heterocycles. The van der Waals surface area contributed by atoms with E-state index in [4.69, 9.17) is 22.1 Å². The fraction of sp³-hybridized carbons (Fsp3) is 0.333. The van der Waals surface area contributed by atoms with Crippen molar-refractivity contribution in [3.8, 4) is 0 Å². The second kappa shape index (κ2) is 10.7. The standard InChI is InChI=1S/C27H30ClN5O5/c1-27(2,3)38-26(37)31-12-11-22(24(35)30-16-17-7-6-9-19(28)13-17)33(31)23(34)15-20-14-18-8-4-5-10-21(18)32(20)25(29)36/h4-10,13-14,22H,11-12,15-16H2,1-3H3,(H2,29,36)(H,30,35). The van der Waals surface area contributed by atoms with E-state index in [2.05, 4.69) is 5.32 Å². The quantitative estimate of drug-likeness (QED) is 0.509. The number of nitrogens with two attached hydrogens (primary N) is 1. The van der Waals surface area contributed by atoms with Crippen molar-refractivity contribution in [1.82, 2.24) is 19.9 Å². The number of fused-ring (bicyclic) bond motifs is 1. The SMILES string of the molecule is CC(C)(C)OC(=O)N1CCC(C(=O)NCc2cccc(Cl)c2)N1C(=O)Cc1cc2ccccc2n1C(N)=O. The molecule has 1 saturated heterocycles. The summed E-state index contributed by atoms with van der Waals surface area (Å²) in [5.74, 6) is -0.985. The van der Waals surface area contributed by atoms with Crippen molar-refractivity contribution in [1.29, 1.82) is 0 Å². The molecular weight excluding hydrogens is 510 g/mol. The highest BCUT2D eigenvalue weighted by Gasteiger charge is 2.44. The van der Waals surface area contributed by atoms with E-state index in [9.17, 15) is 19.2 Å². The van der Waals surface area contributed by atoms with Crippen molar-refractivity contribution in [2.24, 2.45) is 5.73 Å². The third-order valence-corrected chi connectivity index (χ3v) is 6.26. The second-order valence-corrected chi connectivity index (χ2v) is 10.5. The number of amides is 4. The molecule has 11 heteroatoms. The number of hydrogen-bond donors (Lipinski definition) is 2. The molecule has 0 saturated carbocycles. The summed E-state index contributed by atoms with van der Waals surface area (Å²) >= 11 is 6.04. The number of hydrazine groups is 1. The van der Waals surface area contributed by atoms with Gasteiger partial charge in [-0.1, -0.05) is 41.9 Å². The highest BCUT2D eigenvalue weighted by Crippen LogP contribution is 2.26. The van der Waals surface area contributed by atoms with Crippen LogP contribution in [-0.4, -0.2) is 56.7 Å². The number of carbonyl (C=O) groups excluding carboxylic acids is 4. The van der Waals surface area contributed by atoms with Crippen molar-refractivity contribution in [2.75, 3.05) is 6.54 Å². The van der Waals surface area contributed by atoms with Crippen molar-refractivity contribution >= 4 is 46.4 Å². The first-order valence-electron chi connectivity index (χ1n) is 12.2. The summed E-state index contributed by atoms with van der Waals surface area (Å²) in [5, 5.41) is 6.37. The maximum absolute atomic E-state index is 13.7. The molecule has 0 radical (unpaired) electrons. The lowest BCUT2D eigenvalue weighted by Gasteiger charge is -2.33. The highest BCUT2D eigenvalue weighted by atomic mass is 35.5. The van der Waals surface area contributed by atoms with Gasteiger partial charge in [0.1, 0.15) is 11.6 Å². The maximum Gasteiger partial charge on any atom is 0.429 e. The number of carbonyl (C=O) groups is 4. The van der Waals surface area contributed by atoms with E-state index >= 15 is 0 Å². The Bertz CT molecular complexity index is 1400. The zero-order chi connectivity index (χ0) is 27.6. The van der Waals surface area contributed by atoms with Gasteiger partial charge >= 0.3 is 12.1 Å². The Morgan fingerprint density at radius 3 is 2.50 bits per heavy atom. The van der Waals surface area contributed by atoms with Crippen LogP contribution in [0.25, 0.3) is 10.9 Å². The molecular formula is C27H30ClN5O5. The molecule has 38 heavy (non-hydrogen) atoms. The minimum atomic E-state index is -0.958. The minimum Gasteiger partial charge on any atom is -0.442 e. The molecule has 2 aromatic carbocycles. The monoisotopic (exact) mass is 539 g/mol. The fourth-order valence-corrected chi connectivity index (χ4v) is 4.69. The Morgan fingerprint density at radius 2 is 1.82 bits per heavy atom. The second-order valence-electron chi connectivity index (χ2n) is 10.0. The van der Waals surface area contributed by atoms with Gasteiger partial charge in [0.2, 0.25) is 11.8 Å². The van der Waals surface area contributed by atoms with Gasteiger partial charge in [-0.2, -0.15) is 0 Å². The number of para-hydroxylation sites is 1. The number of ether oxygens (including phenoxy) is 1. The molecule has 2 heterocycles. The molecule has 10 nitrogen and oxygen atoms in total. The summed E-state index contributed by atoms with van der Waals surface area (Å²) in [6.45, 7) is 5.45. The van der Waals surface area contributed by atoms with Crippen LogP contribution in [0.1, 0.15) is 38.4 Å². The Morgan fingerprint density at radius 1 is 1.08 bits per heavy atom. The Balaban J connectivity index is 1.61. The van der Waals surface area contributed by atoms with Crippen LogP contribution in [0.4, 0.5) is 9.59 Å². The topological polar surface area (TPSA) is 127 Å². The molecule has 1 unspecified atom stereocenters. The predicted molar refractivity (Wildman–Crippen MR) is 142 cm³/mol. The van der Waals surface area contributed by atoms with Gasteiger partial charge in [-0.3, -0.25) is 14.2 Å². The third kappa shape index (κ3) is 5.91. The van der Waals surface area contributed by atoms with Gasteiger partial charge in [0.05, 0.1) is 11.9 Å².